The van der Waals surface area contributed by atoms with E-state index in [9.17, 15) is 14.7 Å². The summed E-state index contributed by atoms with van der Waals surface area (Å²) < 4.78 is 5.13. The van der Waals surface area contributed by atoms with E-state index in [1.165, 1.54) is 4.57 Å². The molecule has 8 nitrogen and oxygen atoms in total. The van der Waals surface area contributed by atoms with Gasteiger partial charge in [-0.3, -0.25) is 18.8 Å². The lowest BCUT2D eigenvalue weighted by Gasteiger charge is -2.20. The molecule has 4 aromatic rings. The van der Waals surface area contributed by atoms with Gasteiger partial charge in [-0.2, -0.15) is 0 Å². The van der Waals surface area contributed by atoms with E-state index in [1.54, 1.807) is 4.57 Å². The van der Waals surface area contributed by atoms with E-state index in [2.05, 4.69) is 43.0 Å². The van der Waals surface area contributed by atoms with Crippen LogP contribution in [0, 0.1) is 0 Å². The molecule has 208 valence electrons. The summed E-state index contributed by atoms with van der Waals surface area (Å²) in [5.74, 6) is 0.771. The highest BCUT2D eigenvalue weighted by Gasteiger charge is 2.22. The number of imidazole rings is 1. The number of benzene rings is 2. The highest BCUT2D eigenvalue weighted by molar-refractivity contribution is 5.71. The molecule has 8 heteroatoms. The zero-order chi connectivity index (χ0) is 27.6. The monoisotopic (exact) mass is 531 g/mol. The average Bonchev–Trinajstić information content (AvgIpc) is 3.31. The Morgan fingerprint density at radius 3 is 2.13 bits per heavy atom. The number of aryl methyl sites for hydroxylation is 2. The molecule has 39 heavy (non-hydrogen) atoms. The van der Waals surface area contributed by atoms with Crippen LogP contribution in [-0.4, -0.2) is 54.9 Å². The van der Waals surface area contributed by atoms with Crippen LogP contribution in [0.5, 0.6) is 0 Å². The Labute approximate surface area is 230 Å². The summed E-state index contributed by atoms with van der Waals surface area (Å²) in [7, 11) is 0. The number of rotatable bonds is 15. The summed E-state index contributed by atoms with van der Waals surface area (Å²) in [6.07, 6.45) is 3.98. The van der Waals surface area contributed by atoms with Crippen molar-refractivity contribution in [3.05, 3.63) is 98.5 Å². The molecule has 2 aromatic heterocycles. The Morgan fingerprint density at radius 1 is 0.795 bits per heavy atom. The molecular formula is C31H41N5O3. The van der Waals surface area contributed by atoms with Crippen LogP contribution in [-0.2, 0) is 32.5 Å². The van der Waals surface area contributed by atoms with Crippen molar-refractivity contribution in [2.45, 2.75) is 65.6 Å². The average molecular weight is 532 g/mol. The molecule has 0 unspecified atom stereocenters. The third kappa shape index (κ3) is 6.94. The van der Waals surface area contributed by atoms with Gasteiger partial charge in [0.2, 0.25) is 0 Å². The molecule has 0 aliphatic rings. The second-order valence-corrected chi connectivity index (χ2v) is 10.0. The van der Waals surface area contributed by atoms with Crippen LogP contribution in [0.1, 0.15) is 50.1 Å². The van der Waals surface area contributed by atoms with Gasteiger partial charge in [0.05, 0.1) is 6.61 Å². The maximum Gasteiger partial charge on any atom is 0.332 e. The second-order valence-electron chi connectivity index (χ2n) is 10.0. The molecule has 0 aliphatic carbocycles. The zero-order valence-electron chi connectivity index (χ0n) is 23.3. The molecule has 1 N–H and O–H groups in total. The third-order valence-corrected chi connectivity index (χ3v) is 7.35. The molecule has 2 heterocycles. The van der Waals surface area contributed by atoms with Crippen molar-refractivity contribution in [1.29, 1.82) is 0 Å². The SMILES string of the molecule is CCCCCn1c(=O)c2c(nc(Cc3ccccc3)n2CCN(CC)CCO)n(CCc2ccccc2)c1=O. The minimum Gasteiger partial charge on any atom is -0.395 e. The lowest BCUT2D eigenvalue weighted by Crippen LogP contribution is -2.41. The molecule has 0 saturated carbocycles. The number of likely N-dealkylation sites (N-methyl/N-ethyl adjacent to an activating group) is 1. The minimum absolute atomic E-state index is 0.0820. The van der Waals surface area contributed by atoms with Crippen LogP contribution in [0.3, 0.4) is 0 Å². The van der Waals surface area contributed by atoms with E-state index in [-0.39, 0.29) is 17.9 Å². The molecule has 0 spiro atoms. The fraction of sp³-hybridized carbons (Fsp3) is 0.452. The summed E-state index contributed by atoms with van der Waals surface area (Å²) in [6, 6.07) is 20.2. The van der Waals surface area contributed by atoms with Gasteiger partial charge < -0.3 is 9.67 Å². The smallest absolute Gasteiger partial charge is 0.332 e. The van der Waals surface area contributed by atoms with E-state index < -0.39 is 0 Å². The lowest BCUT2D eigenvalue weighted by molar-refractivity contribution is 0.197. The van der Waals surface area contributed by atoms with Gasteiger partial charge in [0, 0.05) is 39.1 Å². The van der Waals surface area contributed by atoms with Crippen molar-refractivity contribution >= 4 is 11.2 Å². The Morgan fingerprint density at radius 2 is 1.49 bits per heavy atom. The topological polar surface area (TPSA) is 85.3 Å². The van der Waals surface area contributed by atoms with Gasteiger partial charge in [0.25, 0.3) is 5.56 Å². The number of aliphatic hydroxyl groups excluding tert-OH is 1. The van der Waals surface area contributed by atoms with Gasteiger partial charge >= 0.3 is 5.69 Å². The fourth-order valence-electron chi connectivity index (χ4n) is 5.10. The second kappa shape index (κ2) is 14.1. The molecule has 0 aliphatic heterocycles. The summed E-state index contributed by atoms with van der Waals surface area (Å²) in [5, 5.41) is 9.50. The van der Waals surface area contributed by atoms with Crippen molar-refractivity contribution in [2.75, 3.05) is 26.2 Å². The number of unbranched alkanes of at least 4 members (excludes halogenated alkanes) is 2. The van der Waals surface area contributed by atoms with Crippen LogP contribution in [0.25, 0.3) is 11.2 Å². The highest BCUT2D eigenvalue weighted by atomic mass is 16.3. The van der Waals surface area contributed by atoms with Gasteiger partial charge in [0.1, 0.15) is 5.82 Å². The quantitative estimate of drug-likeness (QED) is 0.237. The largest absolute Gasteiger partial charge is 0.395 e. The van der Waals surface area contributed by atoms with Crippen LogP contribution in [0.15, 0.2) is 70.3 Å². The Kier molecular flexibility index (Phi) is 10.3. The van der Waals surface area contributed by atoms with Crippen LogP contribution >= 0.6 is 0 Å². The summed E-state index contributed by atoms with van der Waals surface area (Å²) >= 11 is 0. The predicted molar refractivity (Wildman–Crippen MR) is 156 cm³/mol. The van der Waals surface area contributed by atoms with Crippen molar-refractivity contribution in [2.24, 2.45) is 0 Å². The maximum atomic E-state index is 13.9. The van der Waals surface area contributed by atoms with E-state index in [4.69, 9.17) is 4.98 Å². The molecule has 0 saturated heterocycles. The molecule has 0 radical (unpaired) electrons. The van der Waals surface area contributed by atoms with E-state index in [0.29, 0.717) is 56.7 Å². The first kappa shape index (κ1) is 28.5. The summed E-state index contributed by atoms with van der Waals surface area (Å²) in [4.78, 5) is 34.8. The number of aliphatic hydroxyl groups is 1. The fourth-order valence-corrected chi connectivity index (χ4v) is 5.10. The van der Waals surface area contributed by atoms with Gasteiger partial charge in [-0.05, 0) is 30.5 Å². The van der Waals surface area contributed by atoms with Crippen molar-refractivity contribution in [3.63, 3.8) is 0 Å². The Bertz CT molecular complexity index is 1440. The van der Waals surface area contributed by atoms with E-state index in [1.807, 2.05) is 41.0 Å². The van der Waals surface area contributed by atoms with Crippen LogP contribution < -0.4 is 11.2 Å². The number of aromatic nitrogens is 4. The maximum absolute atomic E-state index is 13.9. The molecular weight excluding hydrogens is 490 g/mol. The van der Waals surface area contributed by atoms with E-state index >= 15 is 0 Å². The lowest BCUT2D eigenvalue weighted by atomic mass is 10.1. The molecule has 4 rings (SSSR count). The number of hydrogen-bond donors (Lipinski definition) is 1. The standard InChI is InChI=1S/C31H41N5O3/c1-3-5-12-18-36-30(38)28-29(35(31(36)39)19-17-25-13-8-6-9-14-25)32-27(24-26-15-10-7-11-16-26)34(28)21-20-33(4-2)22-23-37/h6-11,13-16,37H,3-5,12,17-24H2,1-2H3. The van der Waals surface area contributed by atoms with Crippen molar-refractivity contribution in [3.8, 4) is 0 Å². The first-order valence-electron chi connectivity index (χ1n) is 14.2. The first-order valence-corrected chi connectivity index (χ1v) is 14.2. The molecule has 0 amide bonds. The van der Waals surface area contributed by atoms with Crippen LogP contribution in [0.4, 0.5) is 0 Å². The Balaban J connectivity index is 1.86. The molecule has 0 bridgehead atoms. The number of hydrogen-bond acceptors (Lipinski definition) is 5. The van der Waals surface area contributed by atoms with Crippen molar-refractivity contribution < 1.29 is 5.11 Å². The van der Waals surface area contributed by atoms with E-state index in [0.717, 1.165) is 42.8 Å². The van der Waals surface area contributed by atoms with Gasteiger partial charge in [0.15, 0.2) is 11.2 Å². The summed E-state index contributed by atoms with van der Waals surface area (Å²) in [6.45, 7) is 7.69. The predicted octanol–water partition coefficient (Wildman–Crippen LogP) is 3.70. The summed E-state index contributed by atoms with van der Waals surface area (Å²) in [5.41, 5.74) is 2.63. The van der Waals surface area contributed by atoms with Crippen LogP contribution in [0.2, 0.25) is 0 Å². The van der Waals surface area contributed by atoms with Gasteiger partial charge in [-0.25, -0.2) is 9.78 Å². The normalized spacial score (nSPS) is 11.6. The Hall–Kier alpha value is -3.49. The number of fused-ring (bicyclic) bond motifs is 1. The van der Waals surface area contributed by atoms with Crippen molar-refractivity contribution in [1.82, 2.24) is 23.6 Å². The molecule has 0 fully saturated rings. The highest BCUT2D eigenvalue weighted by Crippen LogP contribution is 2.17. The minimum atomic E-state index is -0.286. The molecule has 2 aromatic carbocycles. The van der Waals surface area contributed by atoms with Gasteiger partial charge in [-0.15, -0.1) is 0 Å². The van der Waals surface area contributed by atoms with Gasteiger partial charge in [-0.1, -0.05) is 87.4 Å². The third-order valence-electron chi connectivity index (χ3n) is 7.35. The zero-order valence-corrected chi connectivity index (χ0v) is 23.3. The molecule has 0 atom stereocenters. The first-order chi connectivity index (χ1) is 19.1. The number of nitrogens with zero attached hydrogens (tertiary/aromatic N) is 5.